The van der Waals surface area contributed by atoms with Crippen molar-refractivity contribution in [3.8, 4) is 11.5 Å². The molecule has 0 aromatic heterocycles. The van der Waals surface area contributed by atoms with Gasteiger partial charge in [0, 0.05) is 24.7 Å². The molecule has 0 aliphatic heterocycles. The molecule has 18 heavy (non-hydrogen) atoms. The van der Waals surface area contributed by atoms with Gasteiger partial charge in [-0.15, -0.1) is 11.6 Å². The van der Waals surface area contributed by atoms with E-state index in [0.29, 0.717) is 12.5 Å². The summed E-state index contributed by atoms with van der Waals surface area (Å²) in [5, 5.41) is 0. The van der Waals surface area contributed by atoms with E-state index >= 15 is 0 Å². The van der Waals surface area contributed by atoms with E-state index in [0.717, 1.165) is 30.1 Å². The smallest absolute Gasteiger partial charge is 0.170 e. The number of methoxy groups -OCH3 is 1. The zero-order valence-corrected chi connectivity index (χ0v) is 13.2. The van der Waals surface area contributed by atoms with Gasteiger partial charge in [-0.25, -0.2) is 0 Å². The highest BCUT2D eigenvalue weighted by atomic mass is 35.5. The molecule has 0 spiro atoms. The van der Waals surface area contributed by atoms with Crippen molar-refractivity contribution in [3.63, 3.8) is 0 Å². The van der Waals surface area contributed by atoms with E-state index in [2.05, 4.69) is 13.1 Å². The highest BCUT2D eigenvalue weighted by Crippen LogP contribution is 2.25. The normalized spacial score (nSPS) is 10.7. The second-order valence-corrected chi connectivity index (χ2v) is 6.93. The fourth-order valence-electron chi connectivity index (χ4n) is 1.49. The summed E-state index contributed by atoms with van der Waals surface area (Å²) in [6.45, 7) is 5.76. The quantitative estimate of drug-likeness (QED) is 0.418. The first-order valence-corrected chi connectivity index (χ1v) is 9.46. The molecule has 0 radical (unpaired) electrons. The van der Waals surface area contributed by atoms with Crippen molar-refractivity contribution in [2.75, 3.05) is 20.3 Å². The number of hydrogen-bond donors (Lipinski definition) is 0. The summed E-state index contributed by atoms with van der Waals surface area (Å²) < 4.78 is 16.5. The van der Waals surface area contributed by atoms with Crippen LogP contribution in [0.3, 0.4) is 0 Å². The maximum absolute atomic E-state index is 5.80. The number of ether oxygens (including phenoxy) is 2. The van der Waals surface area contributed by atoms with Crippen LogP contribution in [0.5, 0.6) is 11.5 Å². The lowest BCUT2D eigenvalue weighted by molar-refractivity contribution is 0.249. The highest BCUT2D eigenvalue weighted by molar-refractivity contribution is 6.48. The average molecular weight is 289 g/mol. The number of benzene rings is 1. The molecule has 0 heterocycles. The minimum absolute atomic E-state index is 0.441. The van der Waals surface area contributed by atoms with Crippen LogP contribution in [0.4, 0.5) is 0 Å². The Balaban J connectivity index is 2.38. The van der Waals surface area contributed by atoms with Gasteiger partial charge in [-0.1, -0.05) is 6.07 Å². The zero-order valence-electron chi connectivity index (χ0n) is 11.2. The van der Waals surface area contributed by atoms with Gasteiger partial charge in [0.05, 0.1) is 19.6 Å². The van der Waals surface area contributed by atoms with E-state index in [1.807, 2.05) is 18.2 Å². The van der Waals surface area contributed by atoms with Gasteiger partial charge >= 0.3 is 0 Å². The molecule has 0 aliphatic carbocycles. The molecule has 0 fully saturated rings. The van der Waals surface area contributed by atoms with Gasteiger partial charge in [0.15, 0.2) is 9.04 Å². The Hall–Kier alpha value is -0.713. The molecule has 1 aromatic carbocycles. The number of hydrogen-bond acceptors (Lipinski definition) is 3. The molecule has 3 nitrogen and oxygen atoms in total. The first-order chi connectivity index (χ1) is 8.67. The van der Waals surface area contributed by atoms with Crippen molar-refractivity contribution in [2.24, 2.45) is 0 Å². The molecule has 0 bridgehead atoms. The van der Waals surface area contributed by atoms with E-state index in [-0.39, 0.29) is 0 Å². The van der Waals surface area contributed by atoms with Crippen molar-refractivity contribution in [3.05, 3.63) is 23.8 Å². The van der Waals surface area contributed by atoms with E-state index in [1.54, 1.807) is 7.11 Å². The van der Waals surface area contributed by atoms with Crippen LogP contribution in [0.1, 0.15) is 12.0 Å². The van der Waals surface area contributed by atoms with Gasteiger partial charge in [0.2, 0.25) is 0 Å². The SMILES string of the molecule is COc1cc(OCCCO[SiH](C)C)ccc1CCl. The fourth-order valence-corrected chi connectivity index (χ4v) is 2.35. The number of rotatable bonds is 8. The molecule has 0 aliphatic rings. The lowest BCUT2D eigenvalue weighted by atomic mass is 10.2. The van der Waals surface area contributed by atoms with E-state index in [4.69, 9.17) is 25.5 Å². The van der Waals surface area contributed by atoms with Crippen molar-refractivity contribution in [1.82, 2.24) is 0 Å². The summed E-state index contributed by atoms with van der Waals surface area (Å²) >= 11 is 5.80. The molecule has 0 N–H and O–H groups in total. The Morgan fingerprint density at radius 3 is 2.61 bits per heavy atom. The molecule has 0 unspecified atom stereocenters. The van der Waals surface area contributed by atoms with Gasteiger partial charge < -0.3 is 13.9 Å². The summed E-state index contributed by atoms with van der Waals surface area (Å²) in [4.78, 5) is 0. The molecule has 0 saturated heterocycles. The molecule has 102 valence electrons. The third kappa shape index (κ3) is 5.29. The molecule has 1 aromatic rings. The predicted octanol–water partition coefficient (Wildman–Crippen LogP) is 3.20. The number of halogens is 1. The first-order valence-electron chi connectivity index (χ1n) is 6.14. The minimum Gasteiger partial charge on any atom is -0.496 e. The minimum atomic E-state index is -0.902. The van der Waals surface area contributed by atoms with Gasteiger partial charge in [0.25, 0.3) is 0 Å². The third-order valence-electron chi connectivity index (χ3n) is 2.41. The summed E-state index contributed by atoms with van der Waals surface area (Å²) in [6, 6.07) is 5.72. The van der Waals surface area contributed by atoms with Crippen LogP contribution < -0.4 is 9.47 Å². The Morgan fingerprint density at radius 2 is 2.00 bits per heavy atom. The van der Waals surface area contributed by atoms with Crippen molar-refractivity contribution in [1.29, 1.82) is 0 Å². The zero-order chi connectivity index (χ0) is 13.4. The summed E-state index contributed by atoms with van der Waals surface area (Å²) in [6.07, 6.45) is 0.907. The molecular weight excluding hydrogens is 268 g/mol. The van der Waals surface area contributed by atoms with Crippen LogP contribution in [0.25, 0.3) is 0 Å². The Labute approximate surface area is 116 Å². The lowest BCUT2D eigenvalue weighted by Crippen LogP contribution is -2.11. The molecule has 1 rings (SSSR count). The van der Waals surface area contributed by atoms with E-state index < -0.39 is 9.04 Å². The average Bonchev–Trinajstić information content (AvgIpc) is 2.37. The summed E-state index contributed by atoms with van der Waals surface area (Å²) in [7, 11) is 0.734. The van der Waals surface area contributed by atoms with Crippen LogP contribution in [0.15, 0.2) is 18.2 Å². The van der Waals surface area contributed by atoms with Gasteiger partial charge in [-0.3, -0.25) is 0 Å². The van der Waals surface area contributed by atoms with Crippen LogP contribution in [0, 0.1) is 0 Å². The monoisotopic (exact) mass is 288 g/mol. The van der Waals surface area contributed by atoms with Crippen LogP contribution in [-0.2, 0) is 10.3 Å². The highest BCUT2D eigenvalue weighted by Gasteiger charge is 2.04. The Kier molecular flexibility index (Phi) is 7.16. The molecule has 0 atom stereocenters. The van der Waals surface area contributed by atoms with Gasteiger partial charge in [0.1, 0.15) is 11.5 Å². The topological polar surface area (TPSA) is 27.7 Å². The standard InChI is InChI=1S/C13H21ClO3Si/c1-15-13-9-12(6-5-11(13)10-14)16-7-4-8-17-18(2)3/h5-6,9,18H,4,7-8,10H2,1-3H3. The lowest BCUT2D eigenvalue weighted by Gasteiger charge is -2.11. The maximum Gasteiger partial charge on any atom is 0.170 e. The van der Waals surface area contributed by atoms with E-state index in [9.17, 15) is 0 Å². The van der Waals surface area contributed by atoms with Crippen LogP contribution >= 0.6 is 11.6 Å². The molecule has 0 amide bonds. The number of alkyl halides is 1. The second-order valence-electron chi connectivity index (χ2n) is 4.23. The molecule has 0 saturated carbocycles. The Morgan fingerprint density at radius 1 is 1.22 bits per heavy atom. The third-order valence-corrected chi connectivity index (χ3v) is 3.60. The predicted molar refractivity (Wildman–Crippen MR) is 77.5 cm³/mol. The summed E-state index contributed by atoms with van der Waals surface area (Å²) in [5.41, 5.74) is 0.973. The Bertz CT molecular complexity index is 358. The van der Waals surface area contributed by atoms with Crippen molar-refractivity contribution >= 4 is 20.6 Å². The molecular formula is C13H21ClO3Si. The van der Waals surface area contributed by atoms with Crippen molar-refractivity contribution < 1.29 is 13.9 Å². The molecule has 5 heteroatoms. The summed E-state index contributed by atoms with van der Waals surface area (Å²) in [5.74, 6) is 2.02. The van der Waals surface area contributed by atoms with Crippen LogP contribution in [0.2, 0.25) is 13.1 Å². The fraction of sp³-hybridized carbons (Fsp3) is 0.538. The second kappa shape index (κ2) is 8.40. The maximum atomic E-state index is 5.80. The van der Waals surface area contributed by atoms with Gasteiger partial charge in [-0.2, -0.15) is 0 Å². The largest absolute Gasteiger partial charge is 0.496 e. The van der Waals surface area contributed by atoms with Gasteiger partial charge in [-0.05, 0) is 19.2 Å². The van der Waals surface area contributed by atoms with E-state index in [1.165, 1.54) is 0 Å². The first kappa shape index (κ1) is 15.3. The van der Waals surface area contributed by atoms with Crippen molar-refractivity contribution in [2.45, 2.75) is 25.4 Å². The van der Waals surface area contributed by atoms with Crippen LogP contribution in [-0.4, -0.2) is 29.4 Å².